The van der Waals surface area contributed by atoms with Crippen LogP contribution in [0.25, 0.3) is 0 Å². The molecule has 0 aliphatic carbocycles. The van der Waals surface area contributed by atoms with Gasteiger partial charge in [-0.15, -0.1) is 0 Å². The van der Waals surface area contributed by atoms with Crippen LogP contribution in [0, 0.1) is 5.92 Å². The zero-order chi connectivity index (χ0) is 9.23. The van der Waals surface area contributed by atoms with E-state index in [1.54, 1.807) is 0 Å². The highest BCUT2D eigenvalue weighted by Gasteiger charge is 1.98. The van der Waals surface area contributed by atoms with Crippen molar-refractivity contribution >= 4 is 0 Å². The average Bonchev–Trinajstić information content (AvgIpc) is 2.05. The quantitative estimate of drug-likeness (QED) is 0.386. The van der Waals surface area contributed by atoms with Gasteiger partial charge in [-0.05, 0) is 25.7 Å². The summed E-state index contributed by atoms with van der Waals surface area (Å²) in [4.78, 5) is 0. The molecule has 0 heteroatoms. The molecule has 72 valence electrons. The van der Waals surface area contributed by atoms with Crippen molar-refractivity contribution in [1.29, 1.82) is 0 Å². The molecule has 0 nitrogen and oxygen atoms in total. The van der Waals surface area contributed by atoms with E-state index in [1.807, 2.05) is 0 Å². The molecule has 0 aliphatic heterocycles. The van der Waals surface area contributed by atoms with E-state index in [-0.39, 0.29) is 0 Å². The van der Waals surface area contributed by atoms with Crippen LogP contribution in [0.3, 0.4) is 0 Å². The van der Waals surface area contributed by atoms with Gasteiger partial charge in [0.25, 0.3) is 0 Å². The first kappa shape index (κ1) is 11.7. The fourth-order valence-corrected chi connectivity index (χ4v) is 1.56. The normalized spacial score (nSPS) is 13.9. The molecule has 0 aromatic heterocycles. The third-order valence-electron chi connectivity index (χ3n) is 2.33. The van der Waals surface area contributed by atoms with Gasteiger partial charge in [0.2, 0.25) is 0 Å². The summed E-state index contributed by atoms with van der Waals surface area (Å²) < 4.78 is 0. The van der Waals surface area contributed by atoms with Gasteiger partial charge in [-0.1, -0.05) is 51.7 Å². The largest absolute Gasteiger partial charge is 0.0917 e. The lowest BCUT2D eigenvalue weighted by atomic mass is 9.99. The Morgan fingerprint density at radius 3 is 2.50 bits per heavy atom. The van der Waals surface area contributed by atoms with E-state index in [0.29, 0.717) is 0 Å². The third kappa shape index (κ3) is 7.84. The summed E-state index contributed by atoms with van der Waals surface area (Å²) in [5.74, 6) is 0.945. The van der Waals surface area contributed by atoms with Gasteiger partial charge in [0.05, 0.1) is 0 Å². The zero-order valence-electron chi connectivity index (χ0n) is 8.97. The molecule has 0 heterocycles. The van der Waals surface area contributed by atoms with Gasteiger partial charge in [-0.3, -0.25) is 0 Å². The van der Waals surface area contributed by atoms with Crippen LogP contribution in [0.1, 0.15) is 59.3 Å². The Kier molecular flexibility index (Phi) is 8.64. The molecule has 0 radical (unpaired) electrons. The molecule has 0 amide bonds. The lowest BCUT2D eigenvalue weighted by Gasteiger charge is -2.08. The van der Waals surface area contributed by atoms with Gasteiger partial charge in [0, 0.05) is 0 Å². The number of unbranched alkanes of at least 4 members (excludes halogenated alkanes) is 2. The van der Waals surface area contributed by atoms with Gasteiger partial charge in [-0.2, -0.15) is 0 Å². The summed E-state index contributed by atoms with van der Waals surface area (Å²) in [6.07, 6.45) is 12.6. The minimum Gasteiger partial charge on any atom is -0.0917 e. The first-order valence-electron chi connectivity index (χ1n) is 5.42. The van der Waals surface area contributed by atoms with Crippen molar-refractivity contribution in [3.8, 4) is 0 Å². The van der Waals surface area contributed by atoms with Gasteiger partial charge in [0.15, 0.2) is 0 Å². The molecule has 0 aromatic carbocycles. The Hall–Kier alpha value is -0.260. The standard InChI is InChI=1S/C12H24/c1-4-6-7-8-9-11-12(3)10-5-2/h4,6,12H,5,7-11H2,1-3H3/b6-4-. The number of allylic oxidation sites excluding steroid dienone is 2. The molecule has 1 atom stereocenters. The van der Waals surface area contributed by atoms with Crippen molar-refractivity contribution in [3.05, 3.63) is 12.2 Å². The first-order valence-corrected chi connectivity index (χ1v) is 5.42. The topological polar surface area (TPSA) is 0 Å². The van der Waals surface area contributed by atoms with E-state index in [0.717, 1.165) is 5.92 Å². The fraction of sp³-hybridized carbons (Fsp3) is 0.833. The minimum atomic E-state index is 0.945. The summed E-state index contributed by atoms with van der Waals surface area (Å²) >= 11 is 0. The number of rotatable bonds is 7. The molecule has 0 saturated carbocycles. The second-order valence-corrected chi connectivity index (χ2v) is 3.75. The smallest absolute Gasteiger partial charge is 0.0351 e. The Morgan fingerprint density at radius 1 is 1.17 bits per heavy atom. The van der Waals surface area contributed by atoms with Crippen molar-refractivity contribution in [2.45, 2.75) is 59.3 Å². The second-order valence-electron chi connectivity index (χ2n) is 3.75. The molecular weight excluding hydrogens is 144 g/mol. The molecule has 0 spiro atoms. The molecule has 0 aromatic rings. The van der Waals surface area contributed by atoms with Crippen molar-refractivity contribution in [2.24, 2.45) is 5.92 Å². The van der Waals surface area contributed by atoms with Crippen LogP contribution in [-0.4, -0.2) is 0 Å². The maximum Gasteiger partial charge on any atom is -0.0351 e. The molecule has 0 rings (SSSR count). The lowest BCUT2D eigenvalue weighted by molar-refractivity contribution is 0.462. The van der Waals surface area contributed by atoms with Gasteiger partial charge in [-0.25, -0.2) is 0 Å². The van der Waals surface area contributed by atoms with Crippen LogP contribution >= 0.6 is 0 Å². The summed E-state index contributed by atoms with van der Waals surface area (Å²) in [5.41, 5.74) is 0. The van der Waals surface area contributed by atoms with Gasteiger partial charge < -0.3 is 0 Å². The van der Waals surface area contributed by atoms with Gasteiger partial charge >= 0.3 is 0 Å². The highest BCUT2D eigenvalue weighted by molar-refractivity contribution is 4.76. The van der Waals surface area contributed by atoms with E-state index in [4.69, 9.17) is 0 Å². The Balaban J connectivity index is 3.08. The Morgan fingerprint density at radius 2 is 1.92 bits per heavy atom. The van der Waals surface area contributed by atoms with E-state index < -0.39 is 0 Å². The summed E-state index contributed by atoms with van der Waals surface area (Å²) in [5, 5.41) is 0. The van der Waals surface area contributed by atoms with Crippen molar-refractivity contribution in [1.82, 2.24) is 0 Å². The minimum absolute atomic E-state index is 0.945. The molecule has 0 fully saturated rings. The van der Waals surface area contributed by atoms with E-state index in [1.165, 1.54) is 38.5 Å². The van der Waals surface area contributed by atoms with Crippen LogP contribution < -0.4 is 0 Å². The van der Waals surface area contributed by atoms with E-state index >= 15 is 0 Å². The molecule has 0 bridgehead atoms. The number of hydrogen-bond acceptors (Lipinski definition) is 0. The molecular formula is C12H24. The maximum atomic E-state index is 2.37. The van der Waals surface area contributed by atoms with Crippen molar-refractivity contribution in [3.63, 3.8) is 0 Å². The predicted octanol–water partition coefficient (Wildman–Crippen LogP) is 4.56. The summed E-state index contributed by atoms with van der Waals surface area (Å²) in [7, 11) is 0. The summed E-state index contributed by atoms with van der Waals surface area (Å²) in [6.45, 7) is 6.75. The maximum absolute atomic E-state index is 2.37. The molecule has 12 heavy (non-hydrogen) atoms. The second kappa shape index (κ2) is 8.83. The van der Waals surface area contributed by atoms with E-state index in [2.05, 4.69) is 32.9 Å². The van der Waals surface area contributed by atoms with Crippen LogP contribution in [-0.2, 0) is 0 Å². The molecule has 0 aliphatic rings. The van der Waals surface area contributed by atoms with Crippen molar-refractivity contribution < 1.29 is 0 Å². The fourth-order valence-electron chi connectivity index (χ4n) is 1.56. The Labute approximate surface area is 78.1 Å². The van der Waals surface area contributed by atoms with E-state index in [9.17, 15) is 0 Å². The monoisotopic (exact) mass is 168 g/mol. The lowest BCUT2D eigenvalue weighted by Crippen LogP contribution is -1.93. The van der Waals surface area contributed by atoms with Crippen LogP contribution in [0.5, 0.6) is 0 Å². The summed E-state index contributed by atoms with van der Waals surface area (Å²) in [6, 6.07) is 0. The van der Waals surface area contributed by atoms with Crippen molar-refractivity contribution in [2.75, 3.05) is 0 Å². The van der Waals surface area contributed by atoms with Crippen LogP contribution in [0.4, 0.5) is 0 Å². The third-order valence-corrected chi connectivity index (χ3v) is 2.33. The first-order chi connectivity index (χ1) is 5.81. The zero-order valence-corrected chi connectivity index (χ0v) is 8.97. The molecule has 0 saturated heterocycles. The average molecular weight is 168 g/mol. The predicted molar refractivity (Wildman–Crippen MR) is 57.4 cm³/mol. The van der Waals surface area contributed by atoms with Crippen LogP contribution in [0.2, 0.25) is 0 Å². The Bertz CT molecular complexity index is 103. The number of hydrogen-bond donors (Lipinski definition) is 0. The van der Waals surface area contributed by atoms with Gasteiger partial charge in [0.1, 0.15) is 0 Å². The highest BCUT2D eigenvalue weighted by Crippen LogP contribution is 2.14. The highest BCUT2D eigenvalue weighted by atomic mass is 14.0. The SMILES string of the molecule is C/C=C\CCCCC(C)CCC. The molecule has 0 N–H and O–H groups in total. The molecule has 1 unspecified atom stereocenters. The van der Waals surface area contributed by atoms with Crippen LogP contribution in [0.15, 0.2) is 12.2 Å².